The van der Waals surface area contributed by atoms with Crippen LogP contribution in [0.2, 0.25) is 0 Å². The molecule has 0 saturated heterocycles. The van der Waals surface area contributed by atoms with Gasteiger partial charge in [-0.3, -0.25) is 0 Å². The van der Waals surface area contributed by atoms with Gasteiger partial charge < -0.3 is 9.94 Å². The molecule has 16 heavy (non-hydrogen) atoms. The summed E-state index contributed by atoms with van der Waals surface area (Å²) < 4.78 is 1.03. The molecule has 1 aromatic heterocycles. The fourth-order valence-corrected chi connectivity index (χ4v) is 1.50. The smallest absolute Gasteiger partial charge is 0.478 e. The molecule has 80 valence electrons. The Balaban J connectivity index is 3.06. The van der Waals surface area contributed by atoms with Gasteiger partial charge in [0.05, 0.1) is 5.52 Å². The number of benzene rings is 1. The maximum Gasteiger partial charge on any atom is 0.478 e. The van der Waals surface area contributed by atoms with Gasteiger partial charge in [0.25, 0.3) is 0 Å². The van der Waals surface area contributed by atoms with E-state index in [1.54, 1.807) is 12.1 Å². The van der Waals surface area contributed by atoms with Gasteiger partial charge in [-0.1, -0.05) is 17.0 Å². The summed E-state index contributed by atoms with van der Waals surface area (Å²) in [5.41, 5.74) is 8.82. The largest absolute Gasteiger partial charge is 0.805 e. The first kappa shape index (κ1) is 10.0. The summed E-state index contributed by atoms with van der Waals surface area (Å²) in [6.45, 7) is 1.43. The van der Waals surface area contributed by atoms with Crippen molar-refractivity contribution in [3.8, 4) is 0 Å². The Morgan fingerprint density at radius 3 is 2.88 bits per heavy atom. The Bertz CT molecular complexity index is 669. The van der Waals surface area contributed by atoms with E-state index in [4.69, 9.17) is 5.53 Å². The number of fused-ring (bicyclic) bond motifs is 1. The zero-order chi connectivity index (χ0) is 11.7. The predicted molar refractivity (Wildman–Crippen MR) is 57.6 cm³/mol. The van der Waals surface area contributed by atoms with Gasteiger partial charge in [0.15, 0.2) is 0 Å². The number of aromatic nitrogens is 2. The molecular weight excluding hydrogens is 210 g/mol. The molecule has 0 N–H and O–H groups in total. The maximum absolute atomic E-state index is 11.8. The summed E-state index contributed by atoms with van der Waals surface area (Å²) in [4.78, 5) is 14.3. The number of hydrogen-bond acceptors (Lipinski definition) is 3. The minimum atomic E-state index is -0.226. The first-order valence-electron chi connectivity index (χ1n) is 4.46. The summed E-state index contributed by atoms with van der Waals surface area (Å²) in [7, 11) is 0. The molecule has 7 heteroatoms. The van der Waals surface area contributed by atoms with Crippen LogP contribution in [0.25, 0.3) is 21.5 Å². The van der Waals surface area contributed by atoms with Crippen molar-refractivity contribution in [1.29, 1.82) is 0 Å². The quantitative estimate of drug-likeness (QED) is 0.316. The zero-order valence-electron chi connectivity index (χ0n) is 8.36. The van der Waals surface area contributed by atoms with E-state index in [1.165, 1.54) is 19.1 Å². The molecule has 0 aliphatic carbocycles. The summed E-state index contributed by atoms with van der Waals surface area (Å²) in [6, 6.07) is 6.31. The molecule has 0 fully saturated rings. The fourth-order valence-electron chi connectivity index (χ4n) is 1.50. The van der Waals surface area contributed by atoms with E-state index in [0.717, 1.165) is 0 Å². The van der Waals surface area contributed by atoms with Gasteiger partial charge in [0.1, 0.15) is 5.69 Å². The number of hydrogen-bond donors (Lipinski definition) is 0. The molecule has 1 heterocycles. The average molecular weight is 217 g/mol. The third kappa shape index (κ3) is 1.27. The van der Waals surface area contributed by atoms with Crippen LogP contribution in [0.5, 0.6) is 0 Å². The predicted octanol–water partition coefficient (Wildman–Crippen LogP) is 2.15. The highest BCUT2D eigenvalue weighted by Crippen LogP contribution is 2.18. The van der Waals surface area contributed by atoms with Gasteiger partial charge in [-0.25, -0.2) is 0 Å². The van der Waals surface area contributed by atoms with Crippen molar-refractivity contribution in [1.82, 2.24) is 4.73 Å². The van der Waals surface area contributed by atoms with Crippen LogP contribution >= 0.6 is 0 Å². The minimum absolute atomic E-state index is 0.0755. The molecule has 0 amide bonds. The molecule has 1 aromatic carbocycles. The van der Waals surface area contributed by atoms with Crippen molar-refractivity contribution in [2.45, 2.75) is 6.92 Å². The first-order chi connectivity index (χ1) is 7.66. The molecule has 0 radical (unpaired) electrons. The number of nitrogens with zero attached hydrogens (tertiary/aromatic N) is 5. The molecule has 0 saturated carbocycles. The number of para-hydroxylation sites is 2. The van der Waals surface area contributed by atoms with Crippen molar-refractivity contribution in [2.24, 2.45) is 5.11 Å². The lowest BCUT2D eigenvalue weighted by Gasteiger charge is -2.14. The van der Waals surface area contributed by atoms with Crippen molar-refractivity contribution >= 4 is 16.9 Å². The van der Waals surface area contributed by atoms with E-state index >= 15 is 0 Å². The normalized spacial score (nSPS) is 10.1. The standard InChI is InChI=1S/C9H7N5O2/c1-6-9(11-12-10)14(16)8-5-3-2-4-7(8)13(6)15/h2-5H,1H3. The lowest BCUT2D eigenvalue weighted by atomic mass is 10.3. The maximum atomic E-state index is 11.8. The second-order valence-corrected chi connectivity index (χ2v) is 3.18. The topological polar surface area (TPSA) is 99.7 Å². The van der Waals surface area contributed by atoms with Crippen molar-refractivity contribution in [2.75, 3.05) is 0 Å². The fraction of sp³-hybridized carbons (Fsp3) is 0.111. The molecule has 0 spiro atoms. The van der Waals surface area contributed by atoms with E-state index in [0.29, 0.717) is 9.16 Å². The Morgan fingerprint density at radius 2 is 2.19 bits per heavy atom. The first-order valence-corrected chi connectivity index (χ1v) is 4.46. The summed E-state index contributed by atoms with van der Waals surface area (Å²) >= 11 is 0. The van der Waals surface area contributed by atoms with Crippen LogP contribution in [0, 0.1) is 17.0 Å². The second kappa shape index (κ2) is 3.56. The highest BCUT2D eigenvalue weighted by molar-refractivity contribution is 5.73. The Morgan fingerprint density at radius 1 is 1.50 bits per heavy atom. The van der Waals surface area contributed by atoms with Crippen molar-refractivity contribution in [3.63, 3.8) is 0 Å². The van der Waals surface area contributed by atoms with Crippen LogP contribution in [0.15, 0.2) is 29.4 Å². The van der Waals surface area contributed by atoms with Crippen LogP contribution in [-0.4, -0.2) is 4.73 Å². The van der Waals surface area contributed by atoms with Crippen LogP contribution in [0.3, 0.4) is 0 Å². The summed E-state index contributed by atoms with van der Waals surface area (Å²) in [5.74, 6) is -0.226. The molecule has 2 rings (SSSR count). The Labute approximate surface area is 89.4 Å². The van der Waals surface area contributed by atoms with Crippen molar-refractivity contribution in [3.05, 3.63) is 50.5 Å². The van der Waals surface area contributed by atoms with Gasteiger partial charge in [0.2, 0.25) is 10.4 Å². The molecule has 0 aliphatic rings. The number of rotatable bonds is 1. The van der Waals surface area contributed by atoms with Gasteiger partial charge in [0, 0.05) is 9.96 Å². The highest BCUT2D eigenvalue weighted by Gasteiger charge is 2.22. The highest BCUT2D eigenvalue weighted by atomic mass is 16.5. The Kier molecular flexibility index (Phi) is 2.23. The van der Waals surface area contributed by atoms with Gasteiger partial charge in [-0.2, -0.15) is 0 Å². The van der Waals surface area contributed by atoms with E-state index in [1.807, 2.05) is 0 Å². The molecule has 0 aliphatic heterocycles. The van der Waals surface area contributed by atoms with Gasteiger partial charge >= 0.3 is 10.9 Å². The SMILES string of the molecule is Cc1c(N=[N+]=[N-])[n+](=O)c2ccccc2n1[O-]. The van der Waals surface area contributed by atoms with Crippen molar-refractivity contribution < 1.29 is 4.43 Å². The van der Waals surface area contributed by atoms with Crippen LogP contribution in [0.1, 0.15) is 5.69 Å². The monoisotopic (exact) mass is 217 g/mol. The Hall–Kier alpha value is -2.53. The van der Waals surface area contributed by atoms with Crippen LogP contribution in [-0.2, 0) is 0 Å². The van der Waals surface area contributed by atoms with E-state index < -0.39 is 0 Å². The minimum Gasteiger partial charge on any atom is -0.805 e. The molecule has 2 aromatic rings. The van der Waals surface area contributed by atoms with E-state index in [-0.39, 0.29) is 22.5 Å². The molecule has 7 nitrogen and oxygen atoms in total. The van der Waals surface area contributed by atoms with E-state index in [2.05, 4.69) is 10.0 Å². The second-order valence-electron chi connectivity index (χ2n) is 3.18. The molecule has 0 atom stereocenters. The van der Waals surface area contributed by atoms with Gasteiger partial charge in [-0.15, -0.1) is 0 Å². The molecule has 0 bridgehead atoms. The molecular formula is C9H7N5O2. The third-order valence-electron chi connectivity index (χ3n) is 2.28. The zero-order valence-corrected chi connectivity index (χ0v) is 8.36. The summed E-state index contributed by atoms with van der Waals surface area (Å²) in [5, 5.41) is 15.0. The van der Waals surface area contributed by atoms with Crippen LogP contribution in [0.4, 0.5) is 5.82 Å². The lowest BCUT2D eigenvalue weighted by Crippen LogP contribution is -2.20. The third-order valence-corrected chi connectivity index (χ3v) is 2.28. The van der Waals surface area contributed by atoms with Crippen LogP contribution < -0.4 is 4.43 Å². The average Bonchev–Trinajstić information content (AvgIpc) is 2.32. The molecule has 0 unspecified atom stereocenters. The lowest BCUT2D eigenvalue weighted by molar-refractivity contribution is -0.450. The summed E-state index contributed by atoms with van der Waals surface area (Å²) in [6.07, 6.45) is 0. The van der Waals surface area contributed by atoms with E-state index in [9.17, 15) is 10.1 Å². The van der Waals surface area contributed by atoms with Gasteiger partial charge in [-0.05, 0) is 19.1 Å². The number of azide groups is 1.